The Labute approximate surface area is 129 Å². The third kappa shape index (κ3) is 2.85. The van der Waals surface area contributed by atoms with Gasteiger partial charge < -0.3 is 10.6 Å². The van der Waals surface area contributed by atoms with Crippen molar-refractivity contribution in [3.05, 3.63) is 35.6 Å². The molecule has 0 aromatic heterocycles. The first-order valence-corrected chi connectivity index (χ1v) is 7.82. The molecule has 2 amide bonds. The third-order valence-electron chi connectivity index (χ3n) is 4.97. The number of primary amides is 1. The van der Waals surface area contributed by atoms with E-state index in [1.165, 1.54) is 12.1 Å². The van der Waals surface area contributed by atoms with Crippen LogP contribution in [0, 0.1) is 17.7 Å². The number of carbonyl (C=O) groups excluding carboxylic acids is 2. The second-order valence-electron chi connectivity index (χ2n) is 6.52. The molecule has 0 bridgehead atoms. The quantitative estimate of drug-likeness (QED) is 0.929. The molecule has 4 nitrogen and oxygen atoms in total. The van der Waals surface area contributed by atoms with Crippen LogP contribution < -0.4 is 5.73 Å². The number of amides is 2. The van der Waals surface area contributed by atoms with Gasteiger partial charge in [-0.2, -0.15) is 0 Å². The van der Waals surface area contributed by atoms with E-state index < -0.39 is 0 Å². The second kappa shape index (κ2) is 5.71. The summed E-state index contributed by atoms with van der Waals surface area (Å²) in [5, 5.41) is 0. The van der Waals surface area contributed by atoms with Crippen LogP contribution >= 0.6 is 0 Å². The molecule has 1 heterocycles. The molecule has 1 saturated heterocycles. The van der Waals surface area contributed by atoms with Gasteiger partial charge in [-0.25, -0.2) is 4.39 Å². The van der Waals surface area contributed by atoms with Crippen LogP contribution in [0.1, 0.15) is 37.7 Å². The summed E-state index contributed by atoms with van der Waals surface area (Å²) in [5.41, 5.74) is 6.40. The number of rotatable bonds is 3. The van der Waals surface area contributed by atoms with Crippen molar-refractivity contribution in [3.63, 3.8) is 0 Å². The Morgan fingerprint density at radius 2 is 1.91 bits per heavy atom. The highest BCUT2D eigenvalue weighted by Crippen LogP contribution is 2.49. The summed E-state index contributed by atoms with van der Waals surface area (Å²) in [5.74, 6) is -0.582. The van der Waals surface area contributed by atoms with Crippen molar-refractivity contribution in [1.29, 1.82) is 0 Å². The van der Waals surface area contributed by atoms with Crippen LogP contribution in [-0.2, 0) is 9.59 Å². The van der Waals surface area contributed by atoms with Crippen molar-refractivity contribution in [1.82, 2.24) is 4.90 Å². The monoisotopic (exact) mass is 304 g/mol. The fourth-order valence-corrected chi connectivity index (χ4v) is 3.41. The molecule has 1 aliphatic carbocycles. The van der Waals surface area contributed by atoms with Crippen LogP contribution in [0.2, 0.25) is 0 Å². The molecule has 0 radical (unpaired) electrons. The van der Waals surface area contributed by atoms with Crippen molar-refractivity contribution in [2.45, 2.75) is 38.1 Å². The lowest BCUT2D eigenvalue weighted by atomic mass is 9.92. The predicted molar refractivity (Wildman–Crippen MR) is 80.3 cm³/mol. The van der Waals surface area contributed by atoms with Crippen molar-refractivity contribution in [2.24, 2.45) is 17.6 Å². The number of hydrogen-bond acceptors (Lipinski definition) is 2. The van der Waals surface area contributed by atoms with E-state index in [1.807, 2.05) is 11.8 Å². The number of likely N-dealkylation sites (tertiary alicyclic amines) is 1. The first kappa shape index (κ1) is 15.0. The molecule has 22 heavy (non-hydrogen) atoms. The van der Waals surface area contributed by atoms with E-state index in [0.717, 1.165) is 24.8 Å². The van der Waals surface area contributed by atoms with Crippen molar-refractivity contribution < 1.29 is 14.0 Å². The van der Waals surface area contributed by atoms with Crippen LogP contribution in [0.5, 0.6) is 0 Å². The van der Waals surface area contributed by atoms with Gasteiger partial charge in [-0.3, -0.25) is 9.59 Å². The average Bonchev–Trinajstić information content (AvgIpc) is 3.28. The minimum atomic E-state index is -0.324. The maximum atomic E-state index is 13.0. The Bertz CT molecular complexity index is 587. The van der Waals surface area contributed by atoms with E-state index >= 15 is 0 Å². The molecule has 4 atom stereocenters. The molecule has 1 aromatic carbocycles. The first-order chi connectivity index (χ1) is 10.5. The molecule has 0 spiro atoms. The van der Waals surface area contributed by atoms with Gasteiger partial charge in [0.15, 0.2) is 0 Å². The van der Waals surface area contributed by atoms with E-state index in [0.29, 0.717) is 6.54 Å². The Balaban J connectivity index is 1.67. The van der Waals surface area contributed by atoms with Crippen molar-refractivity contribution in [2.75, 3.05) is 6.54 Å². The van der Waals surface area contributed by atoms with E-state index in [4.69, 9.17) is 5.73 Å². The normalized spacial score (nSPS) is 30.9. The number of benzene rings is 1. The molecule has 2 N–H and O–H groups in total. The molecule has 0 unspecified atom stereocenters. The largest absolute Gasteiger partial charge is 0.369 e. The molecular weight excluding hydrogens is 283 g/mol. The Hall–Kier alpha value is -1.91. The Morgan fingerprint density at radius 1 is 1.23 bits per heavy atom. The fourth-order valence-electron chi connectivity index (χ4n) is 3.41. The van der Waals surface area contributed by atoms with Gasteiger partial charge in [0.2, 0.25) is 11.8 Å². The molecule has 2 fully saturated rings. The van der Waals surface area contributed by atoms with E-state index in [-0.39, 0.29) is 41.4 Å². The average molecular weight is 304 g/mol. The highest BCUT2D eigenvalue weighted by Gasteiger charge is 2.47. The maximum Gasteiger partial charge on any atom is 0.226 e. The fraction of sp³-hybridized carbons (Fsp3) is 0.529. The van der Waals surface area contributed by atoms with Gasteiger partial charge in [-0.05, 0) is 49.8 Å². The molecule has 118 valence electrons. The molecule has 1 aliphatic heterocycles. The van der Waals surface area contributed by atoms with Gasteiger partial charge in [-0.15, -0.1) is 0 Å². The number of piperidine rings is 1. The van der Waals surface area contributed by atoms with E-state index in [1.54, 1.807) is 12.1 Å². The number of carbonyl (C=O) groups is 2. The summed E-state index contributed by atoms with van der Waals surface area (Å²) in [7, 11) is 0. The second-order valence-corrected chi connectivity index (χ2v) is 6.52. The van der Waals surface area contributed by atoms with Crippen molar-refractivity contribution >= 4 is 11.8 Å². The van der Waals surface area contributed by atoms with Gasteiger partial charge in [0.05, 0.1) is 5.92 Å². The van der Waals surface area contributed by atoms with Crippen LogP contribution in [0.15, 0.2) is 24.3 Å². The van der Waals surface area contributed by atoms with Crippen LogP contribution in [0.3, 0.4) is 0 Å². The summed E-state index contributed by atoms with van der Waals surface area (Å²) in [4.78, 5) is 25.9. The number of halogens is 1. The lowest BCUT2D eigenvalue weighted by Gasteiger charge is -2.37. The van der Waals surface area contributed by atoms with Gasteiger partial charge in [-0.1, -0.05) is 12.1 Å². The molecule has 1 saturated carbocycles. The summed E-state index contributed by atoms with van der Waals surface area (Å²) < 4.78 is 13.0. The zero-order valence-corrected chi connectivity index (χ0v) is 12.7. The van der Waals surface area contributed by atoms with Gasteiger partial charge >= 0.3 is 0 Å². The van der Waals surface area contributed by atoms with Crippen molar-refractivity contribution in [3.8, 4) is 0 Å². The van der Waals surface area contributed by atoms with Gasteiger partial charge in [0.1, 0.15) is 5.82 Å². The highest BCUT2D eigenvalue weighted by atomic mass is 19.1. The van der Waals surface area contributed by atoms with Crippen LogP contribution in [0.4, 0.5) is 4.39 Å². The summed E-state index contributed by atoms with van der Waals surface area (Å²) in [6, 6.07) is 6.51. The lowest BCUT2D eigenvalue weighted by Crippen LogP contribution is -2.49. The minimum Gasteiger partial charge on any atom is -0.369 e. The number of nitrogens with zero attached hydrogens (tertiary/aromatic N) is 1. The number of nitrogens with two attached hydrogens (primary N) is 1. The Morgan fingerprint density at radius 3 is 2.55 bits per heavy atom. The molecule has 1 aromatic rings. The standard InChI is InChI=1S/C17H21FN2O2/c1-10-2-3-12(16(19)21)9-20(10)17(22)15-8-14(15)11-4-6-13(18)7-5-11/h4-7,10,12,14-15H,2-3,8-9H2,1H3,(H2,19,21)/t10-,12+,14+,15-/m1/s1. The predicted octanol–water partition coefficient (Wildman–Crippen LogP) is 2.04. The molecular formula is C17H21FN2O2. The molecule has 2 aliphatic rings. The molecule has 3 rings (SSSR count). The SMILES string of the molecule is C[C@@H]1CC[C@H](C(N)=O)CN1C(=O)[C@@H]1C[C@H]1c1ccc(F)cc1. The minimum absolute atomic E-state index is 0.0421. The van der Waals surface area contributed by atoms with E-state index in [9.17, 15) is 14.0 Å². The topological polar surface area (TPSA) is 63.4 Å². The lowest BCUT2D eigenvalue weighted by molar-refractivity contribution is -0.138. The maximum absolute atomic E-state index is 13.0. The molecule has 5 heteroatoms. The smallest absolute Gasteiger partial charge is 0.226 e. The summed E-state index contributed by atoms with van der Waals surface area (Å²) in [6.45, 7) is 2.45. The van der Waals surface area contributed by atoms with Gasteiger partial charge in [0, 0.05) is 18.5 Å². The zero-order valence-electron chi connectivity index (χ0n) is 12.7. The van der Waals surface area contributed by atoms with Crippen LogP contribution in [-0.4, -0.2) is 29.3 Å². The third-order valence-corrected chi connectivity index (χ3v) is 4.97. The van der Waals surface area contributed by atoms with Gasteiger partial charge in [0.25, 0.3) is 0 Å². The summed E-state index contributed by atoms with van der Waals surface area (Å²) >= 11 is 0. The highest BCUT2D eigenvalue weighted by molar-refractivity contribution is 5.84. The Kier molecular flexibility index (Phi) is 3.89. The van der Waals surface area contributed by atoms with E-state index in [2.05, 4.69) is 0 Å². The summed E-state index contributed by atoms with van der Waals surface area (Å²) in [6.07, 6.45) is 2.37. The zero-order chi connectivity index (χ0) is 15.9. The van der Waals surface area contributed by atoms with Crippen LogP contribution in [0.25, 0.3) is 0 Å². The number of hydrogen-bond donors (Lipinski definition) is 1. The first-order valence-electron chi connectivity index (χ1n) is 7.82.